The van der Waals surface area contributed by atoms with E-state index in [4.69, 9.17) is 15.5 Å². The Labute approximate surface area is 197 Å². The first-order valence-corrected chi connectivity index (χ1v) is 11.6. The largest absolute Gasteiger partial charge is 0.489 e. The second-order valence-electron chi connectivity index (χ2n) is 8.78. The zero-order chi connectivity index (χ0) is 22.9. The molecular formula is C27H26N6O. The highest BCUT2D eigenvalue weighted by atomic mass is 16.5. The van der Waals surface area contributed by atoms with Gasteiger partial charge in [0, 0.05) is 48.7 Å². The van der Waals surface area contributed by atoms with Gasteiger partial charge in [0.05, 0.1) is 16.6 Å². The number of hydrogen-bond acceptors (Lipinski definition) is 6. The second-order valence-corrected chi connectivity index (χ2v) is 8.78. The van der Waals surface area contributed by atoms with Gasteiger partial charge in [-0.25, -0.2) is 9.97 Å². The minimum atomic E-state index is 0.329. The van der Waals surface area contributed by atoms with Crippen molar-refractivity contribution in [3.8, 4) is 11.6 Å². The minimum Gasteiger partial charge on any atom is -0.489 e. The standard InChI is InChI=1S/C27H26N6O/c28-21-9-13-32(14-10-21)22-2-4-24-20(15-22)1-6-27(31-24)33-18-30-25-16-23(3-5-26(25)33)34-17-19-7-11-29-12-8-19/h1-8,11-12,15-16,18,21H,9-10,13-14,17,28H2. The van der Waals surface area contributed by atoms with E-state index in [9.17, 15) is 0 Å². The van der Waals surface area contributed by atoms with Crippen LogP contribution < -0.4 is 15.4 Å². The molecule has 0 bridgehead atoms. The van der Waals surface area contributed by atoms with Crippen LogP contribution in [-0.2, 0) is 6.61 Å². The SMILES string of the molecule is NC1CCN(c2ccc3nc(-n4cnc5cc(OCc6ccncc6)ccc54)ccc3c2)CC1. The molecule has 3 aromatic heterocycles. The molecule has 6 rings (SSSR count). The fraction of sp³-hybridized carbons (Fsp3) is 0.222. The maximum Gasteiger partial charge on any atom is 0.139 e. The Morgan fingerprint density at radius 2 is 1.76 bits per heavy atom. The van der Waals surface area contributed by atoms with Gasteiger partial charge in [0.1, 0.15) is 24.5 Å². The van der Waals surface area contributed by atoms with Crippen LogP contribution in [0.3, 0.4) is 0 Å². The molecule has 0 atom stereocenters. The molecule has 7 nitrogen and oxygen atoms in total. The number of nitrogens with zero attached hydrogens (tertiary/aromatic N) is 5. The molecule has 34 heavy (non-hydrogen) atoms. The smallest absolute Gasteiger partial charge is 0.139 e. The van der Waals surface area contributed by atoms with Gasteiger partial charge in [-0.3, -0.25) is 9.55 Å². The highest BCUT2D eigenvalue weighted by Gasteiger charge is 2.17. The van der Waals surface area contributed by atoms with Crippen molar-refractivity contribution >= 4 is 27.6 Å². The predicted octanol–water partition coefficient (Wildman–Crippen LogP) is 4.48. The molecule has 4 heterocycles. The van der Waals surface area contributed by atoms with Gasteiger partial charge in [-0.05, 0) is 73.0 Å². The van der Waals surface area contributed by atoms with Gasteiger partial charge in [-0.15, -0.1) is 0 Å². The Morgan fingerprint density at radius 1 is 0.912 bits per heavy atom. The number of piperidine rings is 1. The van der Waals surface area contributed by atoms with Crippen molar-refractivity contribution in [1.82, 2.24) is 19.5 Å². The number of imidazole rings is 1. The first-order chi connectivity index (χ1) is 16.7. The van der Waals surface area contributed by atoms with Crippen LogP contribution in [0.4, 0.5) is 5.69 Å². The lowest BCUT2D eigenvalue weighted by Crippen LogP contribution is -2.39. The maximum atomic E-state index is 6.06. The van der Waals surface area contributed by atoms with E-state index in [0.717, 1.165) is 65.0 Å². The van der Waals surface area contributed by atoms with Crippen LogP contribution in [0.25, 0.3) is 27.8 Å². The normalized spacial score (nSPS) is 14.7. The summed E-state index contributed by atoms with van der Waals surface area (Å²) in [6.07, 6.45) is 7.44. The molecule has 2 aromatic carbocycles. The molecule has 7 heteroatoms. The number of aromatic nitrogens is 4. The summed E-state index contributed by atoms with van der Waals surface area (Å²) < 4.78 is 7.95. The molecule has 0 unspecified atom stereocenters. The van der Waals surface area contributed by atoms with Crippen molar-refractivity contribution in [2.45, 2.75) is 25.5 Å². The lowest BCUT2D eigenvalue weighted by atomic mass is 10.0. The number of anilines is 1. The zero-order valence-corrected chi connectivity index (χ0v) is 18.8. The van der Waals surface area contributed by atoms with Crippen LogP contribution in [-0.4, -0.2) is 38.7 Å². The van der Waals surface area contributed by atoms with Gasteiger partial charge in [0.2, 0.25) is 0 Å². The lowest BCUT2D eigenvalue weighted by Gasteiger charge is -2.32. The van der Waals surface area contributed by atoms with Gasteiger partial charge in [0.15, 0.2) is 0 Å². The Kier molecular flexibility index (Phi) is 5.31. The van der Waals surface area contributed by atoms with Crippen molar-refractivity contribution in [3.63, 3.8) is 0 Å². The lowest BCUT2D eigenvalue weighted by molar-refractivity contribution is 0.306. The number of ether oxygens (including phenoxy) is 1. The highest BCUT2D eigenvalue weighted by Crippen LogP contribution is 2.27. The summed E-state index contributed by atoms with van der Waals surface area (Å²) in [5.74, 6) is 1.63. The summed E-state index contributed by atoms with van der Waals surface area (Å²) in [4.78, 5) is 16.0. The van der Waals surface area contributed by atoms with Crippen LogP contribution in [0.2, 0.25) is 0 Å². The predicted molar refractivity (Wildman–Crippen MR) is 134 cm³/mol. The van der Waals surface area contributed by atoms with Crippen molar-refractivity contribution in [3.05, 3.63) is 84.9 Å². The summed E-state index contributed by atoms with van der Waals surface area (Å²) in [5, 5.41) is 1.13. The van der Waals surface area contributed by atoms with Crippen LogP contribution in [0.5, 0.6) is 5.75 Å². The Hall–Kier alpha value is -3.97. The summed E-state index contributed by atoms with van der Waals surface area (Å²) in [7, 11) is 0. The molecule has 5 aromatic rings. The van der Waals surface area contributed by atoms with Gasteiger partial charge in [0.25, 0.3) is 0 Å². The molecule has 2 N–H and O–H groups in total. The second kappa shape index (κ2) is 8.76. The van der Waals surface area contributed by atoms with Gasteiger partial charge in [-0.1, -0.05) is 0 Å². The summed E-state index contributed by atoms with van der Waals surface area (Å²) in [5.41, 5.74) is 11.2. The van der Waals surface area contributed by atoms with Gasteiger partial charge in [-0.2, -0.15) is 0 Å². The Morgan fingerprint density at radius 3 is 2.62 bits per heavy atom. The number of hydrogen-bond donors (Lipinski definition) is 1. The van der Waals surface area contributed by atoms with Gasteiger partial charge < -0.3 is 15.4 Å². The van der Waals surface area contributed by atoms with E-state index in [1.807, 2.05) is 47.3 Å². The molecule has 0 spiro atoms. The molecule has 1 saturated heterocycles. The highest BCUT2D eigenvalue weighted by molar-refractivity contribution is 5.84. The fourth-order valence-corrected chi connectivity index (χ4v) is 4.50. The quantitative estimate of drug-likeness (QED) is 0.425. The van der Waals surface area contributed by atoms with Crippen LogP contribution >= 0.6 is 0 Å². The molecular weight excluding hydrogens is 424 g/mol. The van der Waals surface area contributed by atoms with E-state index in [-0.39, 0.29) is 0 Å². The minimum absolute atomic E-state index is 0.329. The monoisotopic (exact) mass is 450 g/mol. The third-order valence-electron chi connectivity index (χ3n) is 6.48. The third kappa shape index (κ3) is 4.06. The molecule has 0 aliphatic carbocycles. The van der Waals surface area contributed by atoms with E-state index in [1.54, 1.807) is 12.4 Å². The summed E-state index contributed by atoms with van der Waals surface area (Å²) in [6, 6.07) is 20.9. The van der Waals surface area contributed by atoms with Crippen molar-refractivity contribution in [2.24, 2.45) is 5.73 Å². The van der Waals surface area contributed by atoms with E-state index in [1.165, 1.54) is 5.69 Å². The Balaban J connectivity index is 1.24. The molecule has 0 amide bonds. The van der Waals surface area contributed by atoms with E-state index in [2.05, 4.69) is 39.1 Å². The van der Waals surface area contributed by atoms with Gasteiger partial charge >= 0.3 is 0 Å². The number of rotatable bonds is 5. The molecule has 1 aliphatic rings. The molecule has 1 aliphatic heterocycles. The Bertz CT molecular complexity index is 1440. The maximum absolute atomic E-state index is 6.06. The van der Waals surface area contributed by atoms with Crippen molar-refractivity contribution in [1.29, 1.82) is 0 Å². The number of benzene rings is 2. The number of pyridine rings is 2. The molecule has 0 saturated carbocycles. The van der Waals surface area contributed by atoms with E-state index >= 15 is 0 Å². The topological polar surface area (TPSA) is 82.1 Å². The molecule has 170 valence electrons. The number of nitrogens with two attached hydrogens (primary N) is 1. The van der Waals surface area contributed by atoms with Crippen molar-refractivity contribution in [2.75, 3.05) is 18.0 Å². The fourth-order valence-electron chi connectivity index (χ4n) is 4.50. The summed E-state index contributed by atoms with van der Waals surface area (Å²) in [6.45, 7) is 2.51. The third-order valence-corrected chi connectivity index (χ3v) is 6.48. The first-order valence-electron chi connectivity index (χ1n) is 11.6. The summed E-state index contributed by atoms with van der Waals surface area (Å²) >= 11 is 0. The first kappa shape index (κ1) is 20.6. The molecule has 1 fully saturated rings. The van der Waals surface area contributed by atoms with E-state index < -0.39 is 0 Å². The molecule has 0 radical (unpaired) electrons. The van der Waals surface area contributed by atoms with Crippen LogP contribution in [0, 0.1) is 0 Å². The average molecular weight is 451 g/mol. The van der Waals surface area contributed by atoms with Crippen LogP contribution in [0.15, 0.2) is 79.4 Å². The number of fused-ring (bicyclic) bond motifs is 2. The zero-order valence-electron chi connectivity index (χ0n) is 18.8. The van der Waals surface area contributed by atoms with Crippen molar-refractivity contribution < 1.29 is 4.74 Å². The average Bonchev–Trinajstić information content (AvgIpc) is 3.31. The van der Waals surface area contributed by atoms with Crippen LogP contribution in [0.1, 0.15) is 18.4 Å². The van der Waals surface area contributed by atoms with E-state index in [0.29, 0.717) is 12.6 Å².